The predicted octanol–water partition coefficient (Wildman–Crippen LogP) is 4.27. The van der Waals surface area contributed by atoms with Gasteiger partial charge in [0, 0.05) is 37.2 Å². The number of H-pyrrole nitrogens is 1. The number of aromatic nitrogens is 3. The molecule has 1 N–H and O–H groups in total. The number of hydrogen-bond donors (Lipinski definition) is 1. The lowest BCUT2D eigenvalue weighted by Crippen LogP contribution is -2.24. The van der Waals surface area contributed by atoms with Crippen LogP contribution in [0.25, 0.3) is 5.57 Å². The minimum atomic E-state index is 0.0234. The Morgan fingerprint density at radius 3 is 2.81 bits per heavy atom. The van der Waals surface area contributed by atoms with E-state index in [1.54, 1.807) is 0 Å². The molecular weight excluding hydrogens is 328 g/mol. The number of hydrogen-bond acceptors (Lipinski definition) is 5. The molecule has 0 radical (unpaired) electrons. The smallest absolute Gasteiger partial charge is 0.268 e. The monoisotopic (exact) mass is 358 g/mol. The van der Waals surface area contributed by atoms with Crippen LogP contribution < -0.4 is 0 Å². The summed E-state index contributed by atoms with van der Waals surface area (Å²) in [6.45, 7) is 8.36. The highest BCUT2D eigenvalue weighted by Crippen LogP contribution is 2.31. The Balaban J connectivity index is 1.61. The van der Waals surface area contributed by atoms with Gasteiger partial charge in [0.05, 0.1) is 0 Å². The molecule has 1 aliphatic carbocycles. The second-order valence-electron chi connectivity index (χ2n) is 8.13. The molecule has 0 saturated carbocycles. The molecule has 142 valence electrons. The van der Waals surface area contributed by atoms with Gasteiger partial charge in [-0.05, 0) is 50.5 Å². The zero-order valence-corrected chi connectivity index (χ0v) is 16.2. The molecule has 0 amide bonds. The van der Waals surface area contributed by atoms with Crippen LogP contribution >= 0.6 is 0 Å². The van der Waals surface area contributed by atoms with E-state index < -0.39 is 0 Å². The van der Waals surface area contributed by atoms with Gasteiger partial charge in [-0.2, -0.15) is 4.98 Å². The number of Topliss-reactive ketones (excluding diaryl/α,β-unsaturated/α-hetero) is 1. The predicted molar refractivity (Wildman–Crippen MR) is 103 cm³/mol. The molecule has 1 saturated heterocycles. The Labute approximate surface area is 155 Å². The van der Waals surface area contributed by atoms with Gasteiger partial charge in [0.1, 0.15) is 5.78 Å². The number of rotatable bonds is 6. The molecule has 0 unspecified atom stereocenters. The van der Waals surface area contributed by atoms with Crippen molar-refractivity contribution in [3.8, 4) is 0 Å². The van der Waals surface area contributed by atoms with Crippen molar-refractivity contribution in [2.24, 2.45) is 16.3 Å². The number of aliphatic imine (C=N–C) groups is 1. The number of allylic oxidation sites excluding steroid dienone is 2. The Hall–Kier alpha value is -1.82. The third kappa shape index (κ3) is 4.87. The molecule has 0 spiro atoms. The van der Waals surface area contributed by atoms with Gasteiger partial charge in [-0.1, -0.05) is 19.9 Å². The van der Waals surface area contributed by atoms with Crippen molar-refractivity contribution in [1.82, 2.24) is 15.2 Å². The fourth-order valence-corrected chi connectivity index (χ4v) is 3.46. The molecule has 2 aliphatic rings. The summed E-state index contributed by atoms with van der Waals surface area (Å²) in [7, 11) is 0. The highest BCUT2D eigenvalue weighted by Gasteiger charge is 2.25. The van der Waals surface area contributed by atoms with Gasteiger partial charge in [0.15, 0.2) is 5.82 Å². The minimum Gasteiger partial charge on any atom is -0.381 e. The van der Waals surface area contributed by atoms with Crippen LogP contribution in [0, 0.1) is 11.3 Å². The van der Waals surface area contributed by atoms with Crippen molar-refractivity contribution in [3.63, 3.8) is 0 Å². The van der Waals surface area contributed by atoms with Gasteiger partial charge in [0.25, 0.3) is 5.95 Å². The quantitative estimate of drug-likeness (QED) is 0.770. The van der Waals surface area contributed by atoms with E-state index >= 15 is 0 Å². The van der Waals surface area contributed by atoms with Crippen molar-refractivity contribution in [2.75, 3.05) is 13.2 Å². The number of carbonyl (C=O) groups excluding carboxylic acids is 1. The zero-order chi connectivity index (χ0) is 18.6. The number of ketones is 1. The lowest BCUT2D eigenvalue weighted by Gasteiger charge is -2.28. The molecule has 0 bridgehead atoms. The SMILES string of the molecule is CC(=Nc1n[nH]c(C2=CCC(=O)CC2)n1)C(C)(C)CCC1CCOCC1. The van der Waals surface area contributed by atoms with E-state index in [9.17, 15) is 4.79 Å². The Morgan fingerprint density at radius 2 is 2.12 bits per heavy atom. The zero-order valence-electron chi connectivity index (χ0n) is 16.2. The molecular formula is C20H30N4O2. The molecule has 3 rings (SSSR count). The Kier molecular flexibility index (Phi) is 6.01. The van der Waals surface area contributed by atoms with E-state index in [-0.39, 0.29) is 11.2 Å². The van der Waals surface area contributed by atoms with Crippen molar-refractivity contribution in [1.29, 1.82) is 0 Å². The van der Waals surface area contributed by atoms with Crippen LogP contribution in [0.2, 0.25) is 0 Å². The van der Waals surface area contributed by atoms with E-state index in [1.165, 1.54) is 19.3 Å². The molecule has 26 heavy (non-hydrogen) atoms. The Morgan fingerprint density at radius 1 is 1.35 bits per heavy atom. The summed E-state index contributed by atoms with van der Waals surface area (Å²) in [6.07, 6.45) is 8.43. The highest BCUT2D eigenvalue weighted by atomic mass is 16.5. The van der Waals surface area contributed by atoms with Crippen LogP contribution in [-0.2, 0) is 9.53 Å². The summed E-state index contributed by atoms with van der Waals surface area (Å²) in [4.78, 5) is 20.5. The van der Waals surface area contributed by atoms with Gasteiger partial charge in [-0.25, -0.2) is 4.99 Å². The second kappa shape index (κ2) is 8.25. The molecule has 6 nitrogen and oxygen atoms in total. The summed E-state index contributed by atoms with van der Waals surface area (Å²) in [6, 6.07) is 0. The highest BCUT2D eigenvalue weighted by molar-refractivity contribution is 5.89. The van der Waals surface area contributed by atoms with Crippen LogP contribution in [0.15, 0.2) is 11.1 Å². The summed E-state index contributed by atoms with van der Waals surface area (Å²) < 4.78 is 5.45. The van der Waals surface area contributed by atoms with Crippen molar-refractivity contribution < 1.29 is 9.53 Å². The molecule has 1 aromatic rings. The normalized spacial score (nSPS) is 20.3. The first-order chi connectivity index (χ1) is 12.4. The van der Waals surface area contributed by atoms with Crippen LogP contribution in [0.1, 0.15) is 71.5 Å². The second-order valence-corrected chi connectivity index (χ2v) is 8.13. The van der Waals surface area contributed by atoms with E-state index in [0.29, 0.717) is 18.8 Å². The number of carbonyl (C=O) groups is 1. The van der Waals surface area contributed by atoms with Crippen molar-refractivity contribution in [3.05, 3.63) is 11.9 Å². The summed E-state index contributed by atoms with van der Waals surface area (Å²) in [5.41, 5.74) is 2.15. The van der Waals surface area contributed by atoms with Crippen LogP contribution in [0.5, 0.6) is 0 Å². The standard InChI is InChI=1S/C20H30N4O2/c1-14(20(2,3)11-8-15-9-12-26-13-10-15)21-19-22-18(23-24-19)16-4-6-17(25)7-5-16/h4,15H,5-13H2,1-3H3,(H,22,23,24). The first-order valence-corrected chi connectivity index (χ1v) is 9.71. The lowest BCUT2D eigenvalue weighted by molar-refractivity contribution is -0.118. The molecule has 0 atom stereocenters. The van der Waals surface area contributed by atoms with Crippen LogP contribution in [0.3, 0.4) is 0 Å². The van der Waals surface area contributed by atoms with Gasteiger partial charge in [0.2, 0.25) is 0 Å². The maximum absolute atomic E-state index is 11.4. The fraction of sp³-hybridized carbons (Fsp3) is 0.700. The molecule has 1 fully saturated rings. The van der Waals surface area contributed by atoms with E-state index in [0.717, 1.165) is 49.1 Å². The van der Waals surface area contributed by atoms with Gasteiger partial charge < -0.3 is 4.74 Å². The molecule has 1 aromatic heterocycles. The Bertz CT molecular complexity index is 696. The summed E-state index contributed by atoms with van der Waals surface area (Å²) in [5.74, 6) is 2.28. The van der Waals surface area contributed by atoms with E-state index in [1.807, 2.05) is 6.08 Å². The first-order valence-electron chi connectivity index (χ1n) is 9.71. The van der Waals surface area contributed by atoms with Gasteiger partial charge in [-0.3, -0.25) is 9.89 Å². The average Bonchev–Trinajstić information content (AvgIpc) is 3.10. The largest absolute Gasteiger partial charge is 0.381 e. The van der Waals surface area contributed by atoms with Crippen LogP contribution in [0.4, 0.5) is 5.95 Å². The molecule has 2 heterocycles. The first kappa shape index (κ1) is 19.0. The maximum atomic E-state index is 11.4. The topological polar surface area (TPSA) is 80.2 Å². The van der Waals surface area contributed by atoms with Gasteiger partial charge >= 0.3 is 0 Å². The number of nitrogens with one attached hydrogen (secondary N) is 1. The summed E-state index contributed by atoms with van der Waals surface area (Å²) >= 11 is 0. The number of aromatic amines is 1. The third-order valence-corrected chi connectivity index (χ3v) is 5.79. The number of nitrogens with zero attached hydrogens (tertiary/aromatic N) is 3. The molecule has 6 heteroatoms. The average molecular weight is 358 g/mol. The molecule has 1 aliphatic heterocycles. The van der Waals surface area contributed by atoms with E-state index in [4.69, 9.17) is 4.74 Å². The lowest BCUT2D eigenvalue weighted by atomic mass is 9.79. The van der Waals surface area contributed by atoms with E-state index in [2.05, 4.69) is 40.9 Å². The van der Waals surface area contributed by atoms with Crippen molar-refractivity contribution >= 4 is 23.0 Å². The van der Waals surface area contributed by atoms with Crippen LogP contribution in [-0.4, -0.2) is 39.9 Å². The molecule has 0 aromatic carbocycles. The summed E-state index contributed by atoms with van der Waals surface area (Å²) in [5, 5.41) is 7.22. The maximum Gasteiger partial charge on any atom is 0.268 e. The van der Waals surface area contributed by atoms with Gasteiger partial charge in [-0.15, -0.1) is 5.10 Å². The minimum absolute atomic E-state index is 0.0234. The number of ether oxygens (including phenoxy) is 1. The third-order valence-electron chi connectivity index (χ3n) is 5.79. The van der Waals surface area contributed by atoms with Crippen molar-refractivity contribution in [2.45, 2.75) is 65.7 Å². The fourth-order valence-electron chi connectivity index (χ4n) is 3.46.